The number of amides is 1. The summed E-state index contributed by atoms with van der Waals surface area (Å²) in [6.45, 7) is 9.60. The Morgan fingerprint density at radius 1 is 1.39 bits per heavy atom. The average Bonchev–Trinajstić information content (AvgIpc) is 2.72. The fourth-order valence-electron chi connectivity index (χ4n) is 1.95. The summed E-state index contributed by atoms with van der Waals surface area (Å²) in [5, 5.41) is 6.35. The van der Waals surface area contributed by atoms with Crippen molar-refractivity contribution in [2.24, 2.45) is 0 Å². The van der Waals surface area contributed by atoms with Crippen molar-refractivity contribution < 1.29 is 4.79 Å². The molecule has 0 aliphatic rings. The SMILES string of the molecule is CCCNC(C)c1cccn1CC(=O)NC(C)C. The normalized spacial score (nSPS) is 12.7. The Labute approximate surface area is 110 Å². The van der Waals surface area contributed by atoms with Crippen molar-refractivity contribution in [2.75, 3.05) is 6.54 Å². The van der Waals surface area contributed by atoms with Gasteiger partial charge in [-0.1, -0.05) is 6.92 Å². The van der Waals surface area contributed by atoms with Gasteiger partial charge in [-0.05, 0) is 45.9 Å². The van der Waals surface area contributed by atoms with Gasteiger partial charge in [0.1, 0.15) is 6.54 Å². The molecule has 0 saturated carbocycles. The van der Waals surface area contributed by atoms with E-state index in [4.69, 9.17) is 0 Å². The van der Waals surface area contributed by atoms with E-state index in [9.17, 15) is 4.79 Å². The second-order valence-electron chi connectivity index (χ2n) is 4.96. The van der Waals surface area contributed by atoms with Crippen molar-refractivity contribution in [3.05, 3.63) is 24.0 Å². The molecule has 1 heterocycles. The number of carbonyl (C=O) groups excluding carboxylic acids is 1. The van der Waals surface area contributed by atoms with Gasteiger partial charge >= 0.3 is 0 Å². The van der Waals surface area contributed by atoms with E-state index in [1.165, 1.54) is 0 Å². The summed E-state index contributed by atoms with van der Waals surface area (Å²) >= 11 is 0. The Balaban J connectivity index is 2.61. The van der Waals surface area contributed by atoms with Gasteiger partial charge in [0.05, 0.1) is 0 Å². The molecule has 2 N–H and O–H groups in total. The van der Waals surface area contributed by atoms with Crippen molar-refractivity contribution in [1.82, 2.24) is 15.2 Å². The van der Waals surface area contributed by atoms with Gasteiger partial charge in [-0.15, -0.1) is 0 Å². The largest absolute Gasteiger partial charge is 0.352 e. The zero-order chi connectivity index (χ0) is 13.5. The van der Waals surface area contributed by atoms with Crippen LogP contribution in [0, 0.1) is 0 Å². The van der Waals surface area contributed by atoms with E-state index in [1.807, 2.05) is 30.7 Å². The molecule has 102 valence electrons. The van der Waals surface area contributed by atoms with E-state index < -0.39 is 0 Å². The molecule has 0 fully saturated rings. The summed E-state index contributed by atoms with van der Waals surface area (Å²) in [4.78, 5) is 11.8. The highest BCUT2D eigenvalue weighted by Crippen LogP contribution is 2.13. The van der Waals surface area contributed by atoms with E-state index in [0.29, 0.717) is 6.54 Å². The molecule has 1 aromatic heterocycles. The monoisotopic (exact) mass is 251 g/mol. The molecule has 0 radical (unpaired) electrons. The number of nitrogens with one attached hydrogen (secondary N) is 2. The summed E-state index contributed by atoms with van der Waals surface area (Å²) in [6.07, 6.45) is 3.07. The maximum atomic E-state index is 11.8. The summed E-state index contributed by atoms with van der Waals surface area (Å²) in [5.41, 5.74) is 1.15. The summed E-state index contributed by atoms with van der Waals surface area (Å²) < 4.78 is 2.00. The maximum absolute atomic E-state index is 11.8. The van der Waals surface area contributed by atoms with E-state index in [2.05, 4.69) is 30.5 Å². The standard InChI is InChI=1S/C14H25N3O/c1-5-8-15-12(4)13-7-6-9-17(13)10-14(18)16-11(2)3/h6-7,9,11-12,15H,5,8,10H2,1-4H3,(H,16,18). The molecular weight excluding hydrogens is 226 g/mol. The number of rotatable bonds is 7. The van der Waals surface area contributed by atoms with Gasteiger partial charge in [-0.3, -0.25) is 4.79 Å². The lowest BCUT2D eigenvalue weighted by Gasteiger charge is -2.17. The molecule has 4 nitrogen and oxygen atoms in total. The molecule has 1 rings (SSSR count). The zero-order valence-corrected chi connectivity index (χ0v) is 11.9. The lowest BCUT2D eigenvalue weighted by atomic mass is 10.2. The summed E-state index contributed by atoms with van der Waals surface area (Å²) in [5.74, 6) is 0.0603. The van der Waals surface area contributed by atoms with Gasteiger partial charge in [0, 0.05) is 24.0 Å². The minimum atomic E-state index is 0.0603. The van der Waals surface area contributed by atoms with E-state index in [1.54, 1.807) is 0 Å². The van der Waals surface area contributed by atoms with Crippen LogP contribution in [0.3, 0.4) is 0 Å². The van der Waals surface area contributed by atoms with Crippen LogP contribution in [0.2, 0.25) is 0 Å². The van der Waals surface area contributed by atoms with Crippen LogP contribution in [-0.4, -0.2) is 23.1 Å². The first kappa shape index (κ1) is 14.8. The summed E-state index contributed by atoms with van der Waals surface area (Å²) in [7, 11) is 0. The van der Waals surface area contributed by atoms with Gasteiger partial charge in [-0.25, -0.2) is 0 Å². The fourth-order valence-corrected chi connectivity index (χ4v) is 1.95. The molecule has 1 atom stereocenters. The molecule has 1 aromatic rings. The van der Waals surface area contributed by atoms with Gasteiger partial charge in [0.2, 0.25) is 5.91 Å². The highest BCUT2D eigenvalue weighted by atomic mass is 16.2. The fraction of sp³-hybridized carbons (Fsp3) is 0.643. The quantitative estimate of drug-likeness (QED) is 0.779. The lowest BCUT2D eigenvalue weighted by molar-refractivity contribution is -0.122. The predicted molar refractivity (Wildman–Crippen MR) is 74.4 cm³/mol. The number of aromatic nitrogens is 1. The Hall–Kier alpha value is -1.29. The minimum Gasteiger partial charge on any atom is -0.352 e. The molecule has 0 aliphatic heterocycles. The Kier molecular flexibility index (Phi) is 5.92. The van der Waals surface area contributed by atoms with Crippen LogP contribution < -0.4 is 10.6 Å². The predicted octanol–water partition coefficient (Wildman–Crippen LogP) is 2.07. The molecule has 4 heteroatoms. The third-order valence-electron chi connectivity index (χ3n) is 2.77. The number of carbonyl (C=O) groups is 1. The van der Waals surface area contributed by atoms with Crippen molar-refractivity contribution >= 4 is 5.91 Å². The van der Waals surface area contributed by atoms with Crippen LogP contribution in [0.5, 0.6) is 0 Å². The van der Waals surface area contributed by atoms with Crippen LogP contribution in [0.25, 0.3) is 0 Å². The highest BCUT2D eigenvalue weighted by Gasteiger charge is 2.11. The molecule has 18 heavy (non-hydrogen) atoms. The maximum Gasteiger partial charge on any atom is 0.240 e. The Bertz CT molecular complexity index is 371. The van der Waals surface area contributed by atoms with E-state index >= 15 is 0 Å². The van der Waals surface area contributed by atoms with Crippen LogP contribution in [0.15, 0.2) is 18.3 Å². The lowest BCUT2D eigenvalue weighted by Crippen LogP contribution is -2.34. The average molecular weight is 251 g/mol. The second-order valence-corrected chi connectivity index (χ2v) is 4.96. The third kappa shape index (κ3) is 4.53. The first-order valence-electron chi connectivity index (χ1n) is 6.72. The van der Waals surface area contributed by atoms with Crippen LogP contribution >= 0.6 is 0 Å². The number of nitrogens with zero attached hydrogens (tertiary/aromatic N) is 1. The molecule has 0 bridgehead atoms. The number of hydrogen-bond acceptors (Lipinski definition) is 2. The summed E-state index contributed by atoms with van der Waals surface area (Å²) in [6, 6.07) is 4.51. The molecule has 1 unspecified atom stereocenters. The van der Waals surface area contributed by atoms with Crippen LogP contribution in [0.4, 0.5) is 0 Å². The van der Waals surface area contributed by atoms with E-state index in [-0.39, 0.29) is 18.0 Å². The molecule has 0 aliphatic carbocycles. The van der Waals surface area contributed by atoms with Crippen molar-refractivity contribution in [1.29, 1.82) is 0 Å². The van der Waals surface area contributed by atoms with E-state index in [0.717, 1.165) is 18.7 Å². The molecule has 0 saturated heterocycles. The smallest absolute Gasteiger partial charge is 0.240 e. The minimum absolute atomic E-state index is 0.0603. The van der Waals surface area contributed by atoms with Crippen molar-refractivity contribution in [3.8, 4) is 0 Å². The zero-order valence-electron chi connectivity index (χ0n) is 11.9. The third-order valence-corrected chi connectivity index (χ3v) is 2.77. The first-order chi connectivity index (χ1) is 8.54. The molecule has 0 aromatic carbocycles. The first-order valence-corrected chi connectivity index (χ1v) is 6.72. The van der Waals surface area contributed by atoms with Crippen molar-refractivity contribution in [2.45, 2.75) is 52.7 Å². The van der Waals surface area contributed by atoms with Crippen LogP contribution in [0.1, 0.15) is 45.9 Å². The molecular formula is C14H25N3O. The van der Waals surface area contributed by atoms with Gasteiger partial charge in [0.25, 0.3) is 0 Å². The van der Waals surface area contributed by atoms with Gasteiger partial charge < -0.3 is 15.2 Å². The Morgan fingerprint density at radius 2 is 2.11 bits per heavy atom. The van der Waals surface area contributed by atoms with Crippen LogP contribution in [-0.2, 0) is 11.3 Å². The number of hydrogen-bond donors (Lipinski definition) is 2. The molecule has 1 amide bonds. The van der Waals surface area contributed by atoms with Gasteiger partial charge in [0.15, 0.2) is 0 Å². The Morgan fingerprint density at radius 3 is 2.72 bits per heavy atom. The highest BCUT2D eigenvalue weighted by molar-refractivity contribution is 5.76. The van der Waals surface area contributed by atoms with Crippen molar-refractivity contribution in [3.63, 3.8) is 0 Å². The topological polar surface area (TPSA) is 46.1 Å². The molecule has 0 spiro atoms. The van der Waals surface area contributed by atoms with Gasteiger partial charge in [-0.2, -0.15) is 0 Å². The second kappa shape index (κ2) is 7.21.